The van der Waals surface area contributed by atoms with Gasteiger partial charge in [-0.1, -0.05) is 6.07 Å². The molecule has 1 amide bonds. The van der Waals surface area contributed by atoms with Crippen LogP contribution in [0.15, 0.2) is 12.1 Å². The van der Waals surface area contributed by atoms with Crippen molar-refractivity contribution in [2.24, 2.45) is 0 Å². The topological polar surface area (TPSA) is 138 Å². The summed E-state index contributed by atoms with van der Waals surface area (Å²) in [5, 5.41) is 0. The predicted molar refractivity (Wildman–Crippen MR) is 166 cm³/mol. The maximum atomic E-state index is 13.9. The molecule has 46 heavy (non-hydrogen) atoms. The first kappa shape index (κ1) is 33.7. The monoisotopic (exact) mass is 663 g/mol. The Hall–Kier alpha value is -3.67. The van der Waals surface area contributed by atoms with E-state index in [1.807, 2.05) is 0 Å². The normalized spacial score (nSPS) is 18.5. The van der Waals surface area contributed by atoms with E-state index in [1.165, 1.54) is 21.3 Å². The standard InChI is InChI=1S/C32H42NO12P/c1-9-42-46(36,43-10-2)16-14-19-18-13-15-33(31(35)45-32(3,4)5)24(22(18)28(39-8)29-26(19)40-17-41-29)25-20-11-12-21(37-6)27(38-7)23(20)30(34)44-25/h11-12,24-25H,9-10,13-17H2,1-8H3/t24-,25+/m1/s1. The average molecular weight is 664 g/mol. The van der Waals surface area contributed by atoms with E-state index in [1.54, 1.807) is 51.7 Å². The number of amides is 1. The number of fused-ring (bicyclic) bond motifs is 3. The summed E-state index contributed by atoms with van der Waals surface area (Å²) in [4.78, 5) is 28.9. The lowest BCUT2D eigenvalue weighted by Crippen LogP contribution is -2.45. The molecular weight excluding hydrogens is 621 g/mol. The maximum absolute atomic E-state index is 13.9. The summed E-state index contributed by atoms with van der Waals surface area (Å²) in [7, 11) is 1.000. The molecule has 14 heteroatoms. The van der Waals surface area contributed by atoms with E-state index in [0.29, 0.717) is 40.5 Å². The summed E-state index contributed by atoms with van der Waals surface area (Å²) >= 11 is 0. The second-order valence-electron chi connectivity index (χ2n) is 11.8. The Balaban J connectivity index is 1.72. The third-order valence-corrected chi connectivity index (χ3v) is 10.1. The van der Waals surface area contributed by atoms with Gasteiger partial charge >= 0.3 is 19.7 Å². The van der Waals surface area contributed by atoms with Gasteiger partial charge in [-0.15, -0.1) is 0 Å². The minimum atomic E-state index is -3.43. The number of ether oxygens (including phenoxy) is 7. The number of hydrogen-bond donors (Lipinski definition) is 0. The highest BCUT2D eigenvalue weighted by molar-refractivity contribution is 7.53. The van der Waals surface area contributed by atoms with E-state index >= 15 is 0 Å². The molecule has 3 aliphatic rings. The lowest BCUT2D eigenvalue weighted by atomic mass is 9.82. The van der Waals surface area contributed by atoms with Crippen LogP contribution >= 0.6 is 7.60 Å². The molecule has 0 bridgehead atoms. The van der Waals surface area contributed by atoms with Gasteiger partial charge in [0.05, 0.1) is 40.7 Å². The number of carbonyl (C=O) groups excluding carboxylic acids is 2. The van der Waals surface area contributed by atoms with Gasteiger partial charge in [0, 0.05) is 23.2 Å². The van der Waals surface area contributed by atoms with Crippen molar-refractivity contribution in [1.29, 1.82) is 0 Å². The molecule has 3 heterocycles. The van der Waals surface area contributed by atoms with Crippen LogP contribution in [0.25, 0.3) is 0 Å². The smallest absolute Gasteiger partial charge is 0.410 e. The molecule has 13 nitrogen and oxygen atoms in total. The molecule has 0 N–H and O–H groups in total. The van der Waals surface area contributed by atoms with Crippen LogP contribution in [-0.4, -0.2) is 76.6 Å². The Morgan fingerprint density at radius 1 is 1.00 bits per heavy atom. The van der Waals surface area contributed by atoms with E-state index in [2.05, 4.69) is 0 Å². The minimum Gasteiger partial charge on any atom is -0.493 e. The van der Waals surface area contributed by atoms with E-state index < -0.39 is 37.4 Å². The molecule has 3 aliphatic heterocycles. The molecule has 2 aromatic rings. The first-order valence-corrected chi connectivity index (χ1v) is 17.0. The third kappa shape index (κ3) is 6.08. The number of hydrogen-bond acceptors (Lipinski definition) is 12. The van der Waals surface area contributed by atoms with Gasteiger partial charge in [-0.2, -0.15) is 0 Å². The summed E-state index contributed by atoms with van der Waals surface area (Å²) in [6, 6.07) is 2.51. The van der Waals surface area contributed by atoms with Gasteiger partial charge in [-0.05, 0) is 59.1 Å². The van der Waals surface area contributed by atoms with Crippen LogP contribution in [0.5, 0.6) is 28.7 Å². The maximum Gasteiger partial charge on any atom is 0.410 e. The van der Waals surface area contributed by atoms with E-state index in [-0.39, 0.29) is 50.4 Å². The Morgan fingerprint density at radius 2 is 1.67 bits per heavy atom. The highest BCUT2D eigenvalue weighted by atomic mass is 31.2. The number of rotatable bonds is 11. The van der Waals surface area contributed by atoms with Crippen molar-refractivity contribution in [3.8, 4) is 28.7 Å². The van der Waals surface area contributed by atoms with Gasteiger partial charge in [0.25, 0.3) is 0 Å². The van der Waals surface area contributed by atoms with Crippen molar-refractivity contribution in [1.82, 2.24) is 4.90 Å². The third-order valence-electron chi connectivity index (χ3n) is 7.99. The highest BCUT2D eigenvalue weighted by Crippen LogP contribution is 2.58. The average Bonchev–Trinajstić information content (AvgIpc) is 3.62. The molecule has 0 spiro atoms. The molecular formula is C32H42NO12P. The zero-order chi connectivity index (χ0) is 33.4. The quantitative estimate of drug-likeness (QED) is 0.206. The molecule has 2 atom stereocenters. The van der Waals surface area contributed by atoms with Gasteiger partial charge in [0.1, 0.15) is 17.2 Å². The first-order valence-electron chi connectivity index (χ1n) is 15.3. The van der Waals surface area contributed by atoms with E-state index in [0.717, 1.165) is 11.1 Å². The van der Waals surface area contributed by atoms with Crippen molar-refractivity contribution in [3.63, 3.8) is 0 Å². The fourth-order valence-corrected chi connectivity index (χ4v) is 7.95. The van der Waals surface area contributed by atoms with Gasteiger partial charge in [-0.25, -0.2) is 9.59 Å². The molecule has 252 valence electrons. The number of methoxy groups -OCH3 is 3. The van der Waals surface area contributed by atoms with E-state index in [4.69, 9.17) is 42.2 Å². The number of nitrogens with zero attached hydrogens (tertiary/aromatic N) is 1. The van der Waals surface area contributed by atoms with Crippen molar-refractivity contribution < 1.29 is 56.4 Å². The number of esters is 1. The molecule has 0 radical (unpaired) electrons. The molecule has 5 rings (SSSR count). The lowest BCUT2D eigenvalue weighted by Gasteiger charge is -2.41. The molecule has 0 unspecified atom stereocenters. The second-order valence-corrected chi connectivity index (χ2v) is 14.0. The molecule has 2 aromatic carbocycles. The van der Waals surface area contributed by atoms with Crippen LogP contribution in [-0.2, 0) is 35.9 Å². The molecule has 0 aliphatic carbocycles. The Kier molecular flexibility index (Phi) is 9.68. The zero-order valence-corrected chi connectivity index (χ0v) is 28.4. The fraction of sp³-hybridized carbons (Fsp3) is 0.562. The number of benzene rings is 2. The summed E-state index contributed by atoms with van der Waals surface area (Å²) in [5.41, 5.74) is 2.02. The van der Waals surface area contributed by atoms with Crippen molar-refractivity contribution >= 4 is 19.7 Å². The van der Waals surface area contributed by atoms with Crippen LogP contribution < -0.4 is 23.7 Å². The molecule has 0 saturated heterocycles. The van der Waals surface area contributed by atoms with Gasteiger partial charge in [-0.3, -0.25) is 9.46 Å². The summed E-state index contributed by atoms with van der Waals surface area (Å²) in [5.74, 6) is 1.12. The van der Waals surface area contributed by atoms with Crippen LogP contribution in [0.2, 0.25) is 0 Å². The first-order chi connectivity index (χ1) is 21.9. The molecule has 0 fully saturated rings. The second kappa shape index (κ2) is 13.2. The highest BCUT2D eigenvalue weighted by Gasteiger charge is 2.50. The van der Waals surface area contributed by atoms with Crippen LogP contribution in [0.3, 0.4) is 0 Å². The Labute approximate surface area is 268 Å². The Bertz CT molecular complexity index is 1540. The SMILES string of the molecule is CCOP(=O)(CCc1c2c(c(OC)c3c1OCO3)[C@H]([C@H]1OC(=O)c3c1ccc(OC)c3OC)N(C(=O)OC(C)(C)C)CC2)OCC. The van der Waals surface area contributed by atoms with E-state index in [9.17, 15) is 14.2 Å². The summed E-state index contributed by atoms with van der Waals surface area (Å²) in [6.07, 6.45) is -0.844. The minimum absolute atomic E-state index is 0.0607. The largest absolute Gasteiger partial charge is 0.493 e. The van der Waals surface area contributed by atoms with Gasteiger partial charge in [0.2, 0.25) is 12.5 Å². The summed E-state index contributed by atoms with van der Waals surface area (Å²) < 4.78 is 65.5. The summed E-state index contributed by atoms with van der Waals surface area (Å²) in [6.45, 7) is 9.48. The zero-order valence-electron chi connectivity index (χ0n) is 27.6. The van der Waals surface area contributed by atoms with Gasteiger partial charge < -0.3 is 42.2 Å². The molecule has 0 saturated carbocycles. The van der Waals surface area contributed by atoms with Crippen LogP contribution in [0.1, 0.15) is 79.4 Å². The lowest BCUT2D eigenvalue weighted by molar-refractivity contribution is -0.0195. The van der Waals surface area contributed by atoms with Crippen molar-refractivity contribution in [2.75, 3.05) is 54.0 Å². The van der Waals surface area contributed by atoms with Gasteiger partial charge in [0.15, 0.2) is 29.1 Å². The fourth-order valence-electron chi connectivity index (χ4n) is 6.33. The van der Waals surface area contributed by atoms with Crippen LogP contribution in [0.4, 0.5) is 4.79 Å². The number of carbonyl (C=O) groups is 2. The predicted octanol–water partition coefficient (Wildman–Crippen LogP) is 6.00. The Morgan fingerprint density at radius 3 is 2.28 bits per heavy atom. The number of cyclic esters (lactones) is 1. The van der Waals surface area contributed by atoms with Crippen molar-refractivity contribution in [3.05, 3.63) is 39.9 Å². The molecule has 0 aromatic heterocycles. The van der Waals surface area contributed by atoms with Crippen LogP contribution in [0, 0.1) is 0 Å². The van der Waals surface area contributed by atoms with Crippen molar-refractivity contribution in [2.45, 2.75) is 65.2 Å².